The van der Waals surface area contributed by atoms with Crippen molar-refractivity contribution in [3.8, 4) is 5.75 Å². The Hall–Kier alpha value is -3.15. The number of halogens is 7. The standard InChI is InChI=1S/C24H20F7N3O2/c25-16-3-6-18(19(26)7-16)22(35,11-34-14-32-13-33-34)24(30,31)21-8-20(9-21,10-21)15-1-4-17(5-2-15)36-12-23(27,28)29/h1-7,13-14,35H,8-12H2/t20?,21?,22-/m0/s1. The summed E-state index contributed by atoms with van der Waals surface area (Å²) in [6.07, 6.45) is -2.39. The predicted octanol–water partition coefficient (Wildman–Crippen LogP) is 5.14. The molecule has 0 amide bonds. The molecule has 6 rings (SSSR count). The van der Waals surface area contributed by atoms with Crippen LogP contribution in [0.5, 0.6) is 5.75 Å². The van der Waals surface area contributed by atoms with Crippen molar-refractivity contribution < 1.29 is 40.6 Å². The van der Waals surface area contributed by atoms with Crippen molar-refractivity contribution in [2.45, 2.75) is 48.9 Å². The number of alkyl halides is 5. The Kier molecular flexibility index (Phi) is 5.40. The van der Waals surface area contributed by atoms with Gasteiger partial charge in [-0.25, -0.2) is 27.2 Å². The number of hydrogen-bond donors (Lipinski definition) is 1. The summed E-state index contributed by atoms with van der Waals surface area (Å²) in [4.78, 5) is 3.68. The highest BCUT2D eigenvalue weighted by Gasteiger charge is 2.82. The Balaban J connectivity index is 1.39. The molecule has 0 radical (unpaired) electrons. The van der Waals surface area contributed by atoms with E-state index in [1.807, 2.05) is 0 Å². The summed E-state index contributed by atoms with van der Waals surface area (Å²) in [5.74, 6) is -6.14. The molecule has 192 valence electrons. The molecule has 1 atom stereocenters. The minimum atomic E-state index is -4.49. The molecule has 12 heteroatoms. The van der Waals surface area contributed by atoms with Gasteiger partial charge in [-0.1, -0.05) is 12.1 Å². The lowest BCUT2D eigenvalue weighted by atomic mass is 9.30. The van der Waals surface area contributed by atoms with Crippen molar-refractivity contribution in [1.82, 2.24) is 14.8 Å². The quantitative estimate of drug-likeness (QED) is 0.422. The molecular formula is C24H20F7N3O2. The van der Waals surface area contributed by atoms with E-state index in [9.17, 15) is 27.1 Å². The number of ether oxygens (including phenoxy) is 1. The molecule has 5 nitrogen and oxygen atoms in total. The van der Waals surface area contributed by atoms with Crippen LogP contribution >= 0.6 is 0 Å². The van der Waals surface area contributed by atoms with Gasteiger partial charge in [-0.15, -0.1) is 0 Å². The molecular weight excluding hydrogens is 495 g/mol. The van der Waals surface area contributed by atoms with Gasteiger partial charge in [0, 0.05) is 17.0 Å². The molecule has 0 spiro atoms. The highest BCUT2D eigenvalue weighted by molar-refractivity contribution is 5.44. The van der Waals surface area contributed by atoms with Gasteiger partial charge < -0.3 is 9.84 Å². The third-order valence-electron chi connectivity index (χ3n) is 7.32. The van der Waals surface area contributed by atoms with Crippen LogP contribution in [0.1, 0.15) is 30.4 Å². The van der Waals surface area contributed by atoms with Crippen molar-refractivity contribution in [2.24, 2.45) is 5.41 Å². The van der Waals surface area contributed by atoms with E-state index in [4.69, 9.17) is 0 Å². The van der Waals surface area contributed by atoms with Crippen molar-refractivity contribution >= 4 is 0 Å². The largest absolute Gasteiger partial charge is 0.484 e. The molecule has 2 bridgehead atoms. The number of nitrogens with zero attached hydrogens (tertiary/aromatic N) is 3. The van der Waals surface area contributed by atoms with Crippen molar-refractivity contribution in [2.75, 3.05) is 6.61 Å². The lowest BCUT2D eigenvalue weighted by Gasteiger charge is -2.74. The van der Waals surface area contributed by atoms with Crippen molar-refractivity contribution in [1.29, 1.82) is 0 Å². The van der Waals surface area contributed by atoms with E-state index in [-0.39, 0.29) is 25.0 Å². The maximum absolute atomic E-state index is 16.2. The fourth-order valence-corrected chi connectivity index (χ4v) is 5.66. The van der Waals surface area contributed by atoms with Crippen molar-refractivity contribution in [3.05, 3.63) is 77.9 Å². The van der Waals surface area contributed by atoms with Crippen LogP contribution in [0, 0.1) is 17.0 Å². The number of aliphatic hydroxyl groups is 1. The van der Waals surface area contributed by atoms with Gasteiger partial charge in [0.1, 0.15) is 30.0 Å². The molecule has 1 aromatic heterocycles. The number of aromatic nitrogens is 3. The summed E-state index contributed by atoms with van der Waals surface area (Å²) >= 11 is 0. The van der Waals surface area contributed by atoms with Crippen LogP contribution in [-0.2, 0) is 17.6 Å². The lowest BCUT2D eigenvalue weighted by Crippen LogP contribution is -2.76. The Bertz CT molecular complexity index is 1240. The van der Waals surface area contributed by atoms with E-state index < -0.39 is 58.9 Å². The Morgan fingerprint density at radius 2 is 1.64 bits per heavy atom. The van der Waals surface area contributed by atoms with E-state index in [0.717, 1.165) is 29.5 Å². The second-order valence-corrected chi connectivity index (χ2v) is 9.67. The first-order chi connectivity index (χ1) is 16.8. The fraction of sp³-hybridized carbons (Fsp3) is 0.417. The topological polar surface area (TPSA) is 60.2 Å². The monoisotopic (exact) mass is 515 g/mol. The average Bonchev–Trinajstić information content (AvgIpc) is 3.23. The SMILES string of the molecule is O[C@@](Cn1cncn1)(c1ccc(F)cc1F)C(F)(F)C12CC(c3ccc(OCC(F)(F)F)cc3)(C1)C2. The van der Waals surface area contributed by atoms with E-state index in [1.54, 1.807) is 0 Å². The van der Waals surface area contributed by atoms with Gasteiger partial charge in [0.25, 0.3) is 5.92 Å². The minimum Gasteiger partial charge on any atom is -0.484 e. The van der Waals surface area contributed by atoms with Gasteiger partial charge in [-0.3, -0.25) is 0 Å². The van der Waals surface area contributed by atoms with Gasteiger partial charge in [-0.2, -0.15) is 18.3 Å². The zero-order valence-corrected chi connectivity index (χ0v) is 18.6. The Labute approximate surface area is 200 Å². The summed E-state index contributed by atoms with van der Waals surface area (Å²) in [7, 11) is 0. The summed E-state index contributed by atoms with van der Waals surface area (Å²) in [6, 6.07) is 7.80. The lowest BCUT2D eigenvalue weighted by molar-refractivity contribution is -0.347. The van der Waals surface area contributed by atoms with Crippen LogP contribution in [0.25, 0.3) is 0 Å². The normalized spacial score (nSPS) is 25.0. The summed E-state index contributed by atoms with van der Waals surface area (Å²) in [5.41, 5.74) is -5.45. The molecule has 1 heterocycles. The molecule has 3 aliphatic rings. The summed E-state index contributed by atoms with van der Waals surface area (Å²) < 4.78 is 103. The molecule has 0 unspecified atom stereocenters. The number of hydrogen-bond acceptors (Lipinski definition) is 4. The molecule has 1 N–H and O–H groups in total. The molecule has 3 saturated carbocycles. The fourth-order valence-electron chi connectivity index (χ4n) is 5.66. The second-order valence-electron chi connectivity index (χ2n) is 9.67. The van der Waals surface area contributed by atoms with Crippen LogP contribution in [-0.4, -0.2) is 38.6 Å². The first kappa shape index (κ1) is 24.5. The van der Waals surface area contributed by atoms with Gasteiger partial charge in [0.05, 0.1) is 6.54 Å². The van der Waals surface area contributed by atoms with E-state index in [2.05, 4.69) is 14.8 Å². The third-order valence-corrected chi connectivity index (χ3v) is 7.32. The Morgan fingerprint density at radius 3 is 2.19 bits per heavy atom. The zero-order chi connectivity index (χ0) is 26.0. The van der Waals surface area contributed by atoms with Crippen molar-refractivity contribution in [3.63, 3.8) is 0 Å². The molecule has 36 heavy (non-hydrogen) atoms. The highest BCUT2D eigenvalue weighted by Crippen LogP contribution is 2.80. The maximum atomic E-state index is 16.2. The molecule has 0 aliphatic heterocycles. The van der Waals surface area contributed by atoms with Crippen LogP contribution in [0.2, 0.25) is 0 Å². The van der Waals surface area contributed by atoms with Crippen LogP contribution < -0.4 is 4.74 Å². The number of rotatable bonds is 8. The van der Waals surface area contributed by atoms with Gasteiger partial charge in [0.2, 0.25) is 0 Å². The molecule has 3 fully saturated rings. The van der Waals surface area contributed by atoms with E-state index >= 15 is 8.78 Å². The Morgan fingerprint density at radius 1 is 0.972 bits per heavy atom. The first-order valence-electron chi connectivity index (χ1n) is 11.0. The molecule has 3 aromatic rings. The highest BCUT2D eigenvalue weighted by atomic mass is 19.4. The zero-order valence-electron chi connectivity index (χ0n) is 18.6. The molecule has 2 aromatic carbocycles. The molecule has 3 aliphatic carbocycles. The number of benzene rings is 2. The second kappa shape index (κ2) is 7.92. The predicted molar refractivity (Wildman–Crippen MR) is 111 cm³/mol. The summed E-state index contributed by atoms with van der Waals surface area (Å²) in [5, 5.41) is 15.1. The van der Waals surface area contributed by atoms with Crippen LogP contribution in [0.15, 0.2) is 55.1 Å². The molecule has 0 saturated heterocycles. The third kappa shape index (κ3) is 3.73. The van der Waals surface area contributed by atoms with Gasteiger partial charge in [-0.05, 0) is 54.5 Å². The summed E-state index contributed by atoms with van der Waals surface area (Å²) in [6.45, 7) is -2.26. The van der Waals surface area contributed by atoms with Gasteiger partial charge in [0.15, 0.2) is 12.2 Å². The first-order valence-corrected chi connectivity index (χ1v) is 11.0. The van der Waals surface area contributed by atoms with E-state index in [0.29, 0.717) is 11.6 Å². The van der Waals surface area contributed by atoms with E-state index in [1.165, 1.54) is 24.3 Å². The maximum Gasteiger partial charge on any atom is 0.422 e. The average molecular weight is 515 g/mol. The van der Waals surface area contributed by atoms with Crippen LogP contribution in [0.3, 0.4) is 0 Å². The minimum absolute atomic E-state index is 0.00305. The van der Waals surface area contributed by atoms with Gasteiger partial charge >= 0.3 is 6.18 Å². The smallest absolute Gasteiger partial charge is 0.422 e. The van der Waals surface area contributed by atoms with Crippen LogP contribution in [0.4, 0.5) is 30.7 Å².